The second kappa shape index (κ2) is 11.9. The first-order chi connectivity index (χ1) is 16.3. The first-order valence-corrected chi connectivity index (χ1v) is 11.0. The van der Waals surface area contributed by atoms with Crippen molar-refractivity contribution in [1.29, 1.82) is 5.41 Å². The lowest BCUT2D eigenvalue weighted by molar-refractivity contribution is -0.190. The largest absolute Gasteiger partial charge is 0.475 e. The normalized spacial score (nSPS) is 15.6. The number of ether oxygens (including phenoxy) is 3. The summed E-state index contributed by atoms with van der Waals surface area (Å²) in [5.74, 6) is -3.15. The SMILES string of the molecule is CC(=O)N[C@@H](CCCNC(=N)N)C(=O)OCOC(=O)C1=Cc2cc(Br)cc(C)c2O[C@@H]1C(F)(F)F. The molecule has 1 aliphatic rings. The molecular weight excluding hydrogens is 541 g/mol. The Morgan fingerprint density at radius 2 is 1.97 bits per heavy atom. The number of nitrogens with two attached hydrogens (primary N) is 1. The number of esters is 2. The molecule has 0 saturated heterocycles. The first kappa shape index (κ1) is 28.0. The number of fused-ring (bicyclic) bond motifs is 1. The number of guanidine groups is 1. The van der Waals surface area contributed by atoms with Crippen molar-refractivity contribution in [3.05, 3.63) is 33.3 Å². The minimum absolute atomic E-state index is 0.0177. The lowest BCUT2D eigenvalue weighted by Crippen LogP contribution is -2.42. The van der Waals surface area contributed by atoms with Gasteiger partial charge in [-0.2, -0.15) is 13.2 Å². The minimum atomic E-state index is -4.91. The molecule has 2 rings (SSSR count). The van der Waals surface area contributed by atoms with Crippen LogP contribution in [0.1, 0.15) is 30.9 Å². The van der Waals surface area contributed by atoms with Gasteiger partial charge in [0.1, 0.15) is 11.8 Å². The van der Waals surface area contributed by atoms with Gasteiger partial charge in [-0.1, -0.05) is 15.9 Å². The van der Waals surface area contributed by atoms with E-state index in [1.165, 1.54) is 13.0 Å². The van der Waals surface area contributed by atoms with Crippen molar-refractivity contribution in [3.63, 3.8) is 0 Å². The molecule has 1 aromatic rings. The van der Waals surface area contributed by atoms with Crippen LogP contribution >= 0.6 is 15.9 Å². The Morgan fingerprint density at radius 1 is 1.29 bits per heavy atom. The standard InChI is InChI=1S/C21H24BrF3N4O6/c1-10-6-13(22)7-12-8-14(17(21(23,24)25)35-16(10)12)18(31)33-9-34-19(32)15(29-11(2)30)4-3-5-28-20(26)27/h6-8,15,17H,3-5,9H2,1-2H3,(H,29,30)(H4,26,27,28)/t15-,17-/m0/s1. The maximum Gasteiger partial charge on any atom is 0.430 e. The lowest BCUT2D eigenvalue weighted by Gasteiger charge is -2.29. The summed E-state index contributed by atoms with van der Waals surface area (Å²) in [4.78, 5) is 36.1. The summed E-state index contributed by atoms with van der Waals surface area (Å²) in [6.07, 6.45) is -6.04. The molecule has 2 atom stereocenters. The zero-order chi connectivity index (χ0) is 26.3. The van der Waals surface area contributed by atoms with Crippen molar-refractivity contribution in [2.75, 3.05) is 13.3 Å². The molecule has 14 heteroatoms. The van der Waals surface area contributed by atoms with Crippen molar-refractivity contribution >= 4 is 45.8 Å². The maximum absolute atomic E-state index is 13.6. The van der Waals surface area contributed by atoms with Crippen molar-refractivity contribution < 1.29 is 41.8 Å². The van der Waals surface area contributed by atoms with Gasteiger partial charge in [-0.15, -0.1) is 0 Å². The van der Waals surface area contributed by atoms with Crippen LogP contribution in [0.25, 0.3) is 6.08 Å². The number of hydrogen-bond donors (Lipinski definition) is 4. The number of nitrogens with one attached hydrogen (secondary N) is 3. The molecule has 0 aromatic heterocycles. The number of halogens is 4. The molecule has 0 spiro atoms. The van der Waals surface area contributed by atoms with Gasteiger partial charge in [-0.05, 0) is 43.5 Å². The number of amides is 1. The molecule has 0 radical (unpaired) electrons. The Bertz CT molecular complexity index is 1030. The Balaban J connectivity index is 2.06. The molecule has 0 aliphatic carbocycles. The summed E-state index contributed by atoms with van der Waals surface area (Å²) in [5.41, 5.74) is 5.02. The van der Waals surface area contributed by atoms with Crippen LogP contribution in [0.2, 0.25) is 0 Å². The molecule has 0 bridgehead atoms. The van der Waals surface area contributed by atoms with Gasteiger partial charge in [0.05, 0.1) is 5.57 Å². The van der Waals surface area contributed by atoms with Gasteiger partial charge in [0, 0.05) is 23.5 Å². The Hall–Kier alpha value is -3.29. The number of carbonyl (C=O) groups excluding carboxylic acids is 3. The van der Waals surface area contributed by atoms with Gasteiger partial charge in [-0.3, -0.25) is 10.2 Å². The van der Waals surface area contributed by atoms with Crippen LogP contribution < -0.4 is 21.1 Å². The summed E-state index contributed by atoms with van der Waals surface area (Å²) in [5, 5.41) is 12.0. The highest BCUT2D eigenvalue weighted by Gasteiger charge is 2.49. The fourth-order valence-corrected chi connectivity index (χ4v) is 3.80. The van der Waals surface area contributed by atoms with Crippen molar-refractivity contribution in [2.24, 2.45) is 5.73 Å². The third-order valence-electron chi connectivity index (χ3n) is 4.67. The van der Waals surface area contributed by atoms with Crippen LogP contribution in [0.15, 0.2) is 22.2 Å². The van der Waals surface area contributed by atoms with Gasteiger partial charge in [0.2, 0.25) is 18.8 Å². The van der Waals surface area contributed by atoms with Crippen LogP contribution in [0.5, 0.6) is 5.75 Å². The number of aryl methyl sites for hydroxylation is 1. The quantitative estimate of drug-likeness (QED) is 0.117. The summed E-state index contributed by atoms with van der Waals surface area (Å²) < 4.78 is 56.0. The van der Waals surface area contributed by atoms with Gasteiger partial charge in [0.25, 0.3) is 0 Å². The Labute approximate surface area is 207 Å². The monoisotopic (exact) mass is 564 g/mol. The highest BCUT2D eigenvalue weighted by molar-refractivity contribution is 9.10. The number of rotatable bonds is 9. The van der Waals surface area contributed by atoms with Crippen molar-refractivity contribution in [2.45, 2.75) is 45.0 Å². The highest BCUT2D eigenvalue weighted by atomic mass is 79.9. The zero-order valence-electron chi connectivity index (χ0n) is 18.8. The van der Waals surface area contributed by atoms with Crippen LogP contribution in [-0.4, -0.2) is 55.5 Å². The summed E-state index contributed by atoms with van der Waals surface area (Å²) in [6.45, 7) is 2.01. The average Bonchev–Trinajstić information content (AvgIpc) is 2.73. The highest BCUT2D eigenvalue weighted by Crippen LogP contribution is 2.40. The summed E-state index contributed by atoms with van der Waals surface area (Å²) >= 11 is 3.24. The van der Waals surface area contributed by atoms with Gasteiger partial charge >= 0.3 is 18.1 Å². The van der Waals surface area contributed by atoms with Gasteiger partial charge in [-0.25, -0.2) is 9.59 Å². The number of alkyl halides is 3. The minimum Gasteiger partial charge on any atom is -0.475 e. The van der Waals surface area contributed by atoms with E-state index in [1.807, 2.05) is 0 Å². The Kier molecular flexibility index (Phi) is 9.51. The van der Waals surface area contributed by atoms with E-state index in [1.54, 1.807) is 13.0 Å². The Morgan fingerprint density at radius 3 is 2.57 bits per heavy atom. The number of hydrogen-bond acceptors (Lipinski definition) is 7. The third-order valence-corrected chi connectivity index (χ3v) is 5.13. The lowest BCUT2D eigenvalue weighted by atomic mass is 9.99. The van der Waals surface area contributed by atoms with Crippen LogP contribution in [-0.2, 0) is 23.9 Å². The summed E-state index contributed by atoms with van der Waals surface area (Å²) in [6, 6.07) is 1.96. The van der Waals surface area contributed by atoms with E-state index >= 15 is 0 Å². The van der Waals surface area contributed by atoms with Crippen LogP contribution in [0.4, 0.5) is 13.2 Å². The maximum atomic E-state index is 13.6. The van der Waals surface area contributed by atoms with Crippen molar-refractivity contribution in [3.8, 4) is 5.75 Å². The molecule has 10 nitrogen and oxygen atoms in total. The van der Waals surface area contributed by atoms with Gasteiger partial charge in [0.15, 0.2) is 5.96 Å². The molecular formula is C21H24BrF3N4O6. The fraction of sp³-hybridized carbons (Fsp3) is 0.429. The van der Waals surface area contributed by atoms with E-state index in [4.69, 9.17) is 25.4 Å². The average molecular weight is 565 g/mol. The molecule has 0 fully saturated rings. The molecule has 1 aromatic carbocycles. The predicted octanol–water partition coefficient (Wildman–Crippen LogP) is 2.28. The second-order valence-electron chi connectivity index (χ2n) is 7.53. The second-order valence-corrected chi connectivity index (χ2v) is 8.44. The molecule has 192 valence electrons. The molecule has 1 aliphatic heterocycles. The van der Waals surface area contributed by atoms with E-state index in [0.717, 1.165) is 6.08 Å². The summed E-state index contributed by atoms with van der Waals surface area (Å²) in [7, 11) is 0. The predicted molar refractivity (Wildman–Crippen MR) is 121 cm³/mol. The van der Waals surface area contributed by atoms with E-state index in [0.29, 0.717) is 16.5 Å². The first-order valence-electron chi connectivity index (χ1n) is 10.2. The van der Waals surface area contributed by atoms with E-state index in [-0.39, 0.29) is 30.2 Å². The van der Waals surface area contributed by atoms with E-state index in [2.05, 4.69) is 26.6 Å². The molecule has 0 unspecified atom stereocenters. The number of carbonyl (C=O) groups is 3. The third kappa shape index (κ3) is 8.16. The molecule has 35 heavy (non-hydrogen) atoms. The molecule has 5 N–H and O–H groups in total. The topological polar surface area (TPSA) is 153 Å². The van der Waals surface area contributed by atoms with E-state index < -0.39 is 48.5 Å². The van der Waals surface area contributed by atoms with Crippen LogP contribution in [0, 0.1) is 12.3 Å². The molecule has 1 heterocycles. The smallest absolute Gasteiger partial charge is 0.430 e. The molecule has 1 amide bonds. The van der Waals surface area contributed by atoms with Gasteiger partial charge < -0.3 is 30.6 Å². The molecule has 0 saturated carbocycles. The van der Waals surface area contributed by atoms with Crippen molar-refractivity contribution in [1.82, 2.24) is 10.6 Å². The fourth-order valence-electron chi connectivity index (χ4n) is 3.21. The number of benzene rings is 1. The van der Waals surface area contributed by atoms with E-state index in [9.17, 15) is 27.6 Å². The van der Waals surface area contributed by atoms with Crippen LogP contribution in [0.3, 0.4) is 0 Å². The zero-order valence-corrected chi connectivity index (χ0v) is 20.3.